The molecule has 1 aliphatic heterocycles. The number of likely N-dealkylation sites (N-methyl/N-ethyl adjacent to an activating group) is 1. The second-order valence-electron chi connectivity index (χ2n) is 6.58. The van der Waals surface area contributed by atoms with Crippen LogP contribution in [0.4, 0.5) is 0 Å². The highest BCUT2D eigenvalue weighted by molar-refractivity contribution is 7.89. The van der Waals surface area contributed by atoms with Gasteiger partial charge in [-0.05, 0) is 44.4 Å². The predicted octanol–water partition coefficient (Wildman–Crippen LogP) is 2.21. The van der Waals surface area contributed by atoms with E-state index in [4.69, 9.17) is 9.47 Å². The second kappa shape index (κ2) is 7.65. The molecule has 0 fully saturated rings. The SMILES string of the molecule is COc1ccc(S(=O)(=O)N2Cc3ccccc3OC(CN(C)C)C2)cc1. The maximum absolute atomic E-state index is 13.2. The lowest BCUT2D eigenvalue weighted by Gasteiger charge is -2.25. The Morgan fingerprint density at radius 3 is 2.50 bits per heavy atom. The number of rotatable bonds is 5. The van der Waals surface area contributed by atoms with E-state index in [1.165, 1.54) is 4.31 Å². The molecule has 1 heterocycles. The average molecular weight is 376 g/mol. The number of sulfonamides is 1. The molecule has 2 aromatic rings. The van der Waals surface area contributed by atoms with Crippen LogP contribution in [0.3, 0.4) is 0 Å². The van der Waals surface area contributed by atoms with Crippen LogP contribution in [0.25, 0.3) is 0 Å². The Labute approximate surface area is 155 Å². The Bertz CT molecular complexity index is 850. The number of nitrogens with zero attached hydrogens (tertiary/aromatic N) is 2. The molecule has 3 rings (SSSR count). The van der Waals surface area contributed by atoms with Crippen molar-refractivity contribution >= 4 is 10.0 Å². The standard InChI is InChI=1S/C19H24N2O4S/c1-20(2)13-17-14-21(12-15-6-4-5-7-19(15)25-17)26(22,23)18-10-8-16(24-3)9-11-18/h4-11,17H,12-14H2,1-3H3. The largest absolute Gasteiger partial charge is 0.497 e. The zero-order valence-electron chi connectivity index (χ0n) is 15.3. The molecule has 7 heteroatoms. The second-order valence-corrected chi connectivity index (χ2v) is 8.52. The summed E-state index contributed by atoms with van der Waals surface area (Å²) >= 11 is 0. The van der Waals surface area contributed by atoms with Crippen LogP contribution >= 0.6 is 0 Å². The molecule has 0 N–H and O–H groups in total. The van der Waals surface area contributed by atoms with Gasteiger partial charge in [0.2, 0.25) is 10.0 Å². The number of para-hydroxylation sites is 1. The van der Waals surface area contributed by atoms with E-state index in [1.54, 1.807) is 31.4 Å². The minimum absolute atomic E-state index is 0.248. The molecule has 0 saturated heterocycles. The summed E-state index contributed by atoms with van der Waals surface area (Å²) < 4.78 is 39.1. The van der Waals surface area contributed by atoms with Crippen molar-refractivity contribution in [3.8, 4) is 11.5 Å². The quantitative estimate of drug-likeness (QED) is 0.801. The van der Waals surface area contributed by atoms with Crippen molar-refractivity contribution in [3.63, 3.8) is 0 Å². The lowest BCUT2D eigenvalue weighted by molar-refractivity contribution is 0.146. The van der Waals surface area contributed by atoms with Crippen molar-refractivity contribution in [3.05, 3.63) is 54.1 Å². The van der Waals surface area contributed by atoms with Crippen molar-refractivity contribution in [1.82, 2.24) is 9.21 Å². The smallest absolute Gasteiger partial charge is 0.243 e. The van der Waals surface area contributed by atoms with Crippen LogP contribution in [-0.4, -0.2) is 58.0 Å². The maximum Gasteiger partial charge on any atom is 0.243 e. The first-order chi connectivity index (χ1) is 12.4. The monoisotopic (exact) mass is 376 g/mol. The van der Waals surface area contributed by atoms with Crippen LogP contribution in [-0.2, 0) is 16.6 Å². The van der Waals surface area contributed by atoms with Crippen molar-refractivity contribution in [2.75, 3.05) is 34.3 Å². The third-order valence-corrected chi connectivity index (χ3v) is 6.11. The van der Waals surface area contributed by atoms with E-state index in [0.29, 0.717) is 18.8 Å². The zero-order chi connectivity index (χ0) is 18.7. The Balaban J connectivity index is 1.95. The first-order valence-corrected chi connectivity index (χ1v) is 9.87. The van der Waals surface area contributed by atoms with Crippen molar-refractivity contribution in [2.24, 2.45) is 0 Å². The molecule has 0 spiro atoms. The van der Waals surface area contributed by atoms with Crippen molar-refractivity contribution in [1.29, 1.82) is 0 Å². The summed E-state index contributed by atoms with van der Waals surface area (Å²) in [4.78, 5) is 2.25. The van der Waals surface area contributed by atoms with E-state index >= 15 is 0 Å². The number of hydrogen-bond acceptors (Lipinski definition) is 5. The van der Waals surface area contributed by atoms with Crippen LogP contribution in [0.1, 0.15) is 5.56 Å². The zero-order valence-corrected chi connectivity index (χ0v) is 16.1. The van der Waals surface area contributed by atoms with Gasteiger partial charge in [0.15, 0.2) is 0 Å². The fraction of sp³-hybridized carbons (Fsp3) is 0.368. The molecule has 0 radical (unpaired) electrons. The molecule has 0 aliphatic carbocycles. The van der Waals surface area contributed by atoms with Gasteiger partial charge in [0, 0.05) is 18.7 Å². The van der Waals surface area contributed by atoms with Gasteiger partial charge in [-0.2, -0.15) is 4.31 Å². The molecule has 0 aromatic heterocycles. The van der Waals surface area contributed by atoms with E-state index < -0.39 is 10.0 Å². The summed E-state index contributed by atoms with van der Waals surface area (Å²) in [5.74, 6) is 1.37. The number of methoxy groups -OCH3 is 1. The number of hydrogen-bond donors (Lipinski definition) is 0. The molecule has 0 amide bonds. The number of fused-ring (bicyclic) bond motifs is 1. The number of benzene rings is 2. The average Bonchev–Trinajstić information content (AvgIpc) is 2.80. The van der Waals surface area contributed by atoms with Crippen LogP contribution < -0.4 is 9.47 Å². The Hall–Kier alpha value is -2.09. The van der Waals surface area contributed by atoms with Gasteiger partial charge in [0.25, 0.3) is 0 Å². The molecule has 6 nitrogen and oxygen atoms in total. The van der Waals surface area contributed by atoms with Gasteiger partial charge < -0.3 is 14.4 Å². The van der Waals surface area contributed by atoms with E-state index in [2.05, 4.69) is 0 Å². The summed E-state index contributed by atoms with van der Waals surface area (Å²) in [6.07, 6.45) is -0.248. The van der Waals surface area contributed by atoms with Crippen molar-refractivity contribution < 1.29 is 17.9 Å². The normalized spacial score (nSPS) is 18.1. The van der Waals surface area contributed by atoms with Gasteiger partial charge in [-0.1, -0.05) is 18.2 Å². The van der Waals surface area contributed by atoms with Gasteiger partial charge in [-0.3, -0.25) is 0 Å². The fourth-order valence-corrected chi connectivity index (χ4v) is 4.48. The fourth-order valence-electron chi connectivity index (χ4n) is 3.03. The summed E-state index contributed by atoms with van der Waals surface area (Å²) in [5, 5.41) is 0. The topological polar surface area (TPSA) is 59.1 Å². The molecular formula is C19H24N2O4S. The van der Waals surface area contributed by atoms with E-state index in [0.717, 1.165) is 11.3 Å². The lowest BCUT2D eigenvalue weighted by atomic mass is 10.2. The van der Waals surface area contributed by atoms with E-state index in [-0.39, 0.29) is 17.5 Å². The van der Waals surface area contributed by atoms with Crippen LogP contribution in [0.2, 0.25) is 0 Å². The Morgan fingerprint density at radius 2 is 1.85 bits per heavy atom. The molecule has 1 aliphatic rings. The molecule has 26 heavy (non-hydrogen) atoms. The van der Waals surface area contributed by atoms with E-state index in [9.17, 15) is 8.42 Å². The minimum Gasteiger partial charge on any atom is -0.497 e. The molecular weight excluding hydrogens is 352 g/mol. The first kappa shape index (κ1) is 18.7. The lowest BCUT2D eigenvalue weighted by Crippen LogP contribution is -2.41. The van der Waals surface area contributed by atoms with Gasteiger partial charge in [-0.15, -0.1) is 0 Å². The third-order valence-electron chi connectivity index (χ3n) is 4.29. The van der Waals surface area contributed by atoms with Gasteiger partial charge in [0.05, 0.1) is 18.6 Å². The molecule has 1 unspecified atom stereocenters. The molecule has 0 saturated carbocycles. The summed E-state index contributed by atoms with van der Waals surface area (Å²) in [5.41, 5.74) is 0.867. The molecule has 140 valence electrons. The highest BCUT2D eigenvalue weighted by atomic mass is 32.2. The summed E-state index contributed by atoms with van der Waals surface area (Å²) in [7, 11) is 1.81. The molecule has 2 aromatic carbocycles. The highest BCUT2D eigenvalue weighted by Crippen LogP contribution is 2.29. The van der Waals surface area contributed by atoms with Crippen LogP contribution in [0.15, 0.2) is 53.4 Å². The Morgan fingerprint density at radius 1 is 1.15 bits per heavy atom. The van der Waals surface area contributed by atoms with E-state index in [1.807, 2.05) is 43.3 Å². The number of ether oxygens (including phenoxy) is 2. The predicted molar refractivity (Wildman–Crippen MR) is 100 cm³/mol. The summed E-state index contributed by atoms with van der Waals surface area (Å²) in [6, 6.07) is 14.1. The minimum atomic E-state index is -3.64. The molecule has 1 atom stereocenters. The third kappa shape index (κ3) is 4.00. The van der Waals surface area contributed by atoms with Crippen LogP contribution in [0.5, 0.6) is 11.5 Å². The van der Waals surface area contributed by atoms with Gasteiger partial charge in [0.1, 0.15) is 17.6 Å². The van der Waals surface area contributed by atoms with Gasteiger partial charge >= 0.3 is 0 Å². The van der Waals surface area contributed by atoms with Crippen molar-refractivity contribution in [2.45, 2.75) is 17.5 Å². The van der Waals surface area contributed by atoms with Gasteiger partial charge in [-0.25, -0.2) is 8.42 Å². The summed E-state index contributed by atoms with van der Waals surface area (Å²) in [6.45, 7) is 1.21. The maximum atomic E-state index is 13.2. The Kier molecular flexibility index (Phi) is 5.50. The molecule has 0 bridgehead atoms. The highest BCUT2D eigenvalue weighted by Gasteiger charge is 2.32. The van der Waals surface area contributed by atoms with Crippen LogP contribution in [0, 0.1) is 0 Å². The first-order valence-electron chi connectivity index (χ1n) is 8.43.